The molecule has 0 aliphatic carbocycles. The van der Waals surface area contributed by atoms with Crippen molar-refractivity contribution < 1.29 is 9.94 Å². The second kappa shape index (κ2) is 7.66. The zero-order chi connectivity index (χ0) is 13.4. The Morgan fingerprint density at radius 3 is 2.94 bits per heavy atom. The van der Waals surface area contributed by atoms with Gasteiger partial charge in [-0.2, -0.15) is 0 Å². The summed E-state index contributed by atoms with van der Waals surface area (Å²) >= 11 is 5.93. The number of unbranched alkanes of at least 4 members (excludes halogenated alkanes) is 1. The molecule has 0 saturated carbocycles. The number of nitrogens with one attached hydrogen (secondary N) is 1. The van der Waals surface area contributed by atoms with Crippen LogP contribution in [0.25, 0.3) is 0 Å². The van der Waals surface area contributed by atoms with Crippen LogP contribution in [0.4, 0.5) is 5.69 Å². The van der Waals surface area contributed by atoms with Crippen LogP contribution >= 0.6 is 11.6 Å². The Labute approximate surface area is 112 Å². The first kappa shape index (κ1) is 14.4. The van der Waals surface area contributed by atoms with Crippen molar-refractivity contribution in [1.29, 1.82) is 0 Å². The summed E-state index contributed by atoms with van der Waals surface area (Å²) in [6.45, 7) is 0.809. The van der Waals surface area contributed by atoms with Crippen LogP contribution in [0.5, 0.6) is 5.75 Å². The molecule has 5 nitrogen and oxygen atoms in total. The molecule has 0 amide bonds. The molecule has 0 saturated heterocycles. The van der Waals surface area contributed by atoms with E-state index in [9.17, 15) is 0 Å². The molecular weight excluding hydrogens is 254 g/mol. The van der Waals surface area contributed by atoms with Gasteiger partial charge in [0.2, 0.25) is 0 Å². The van der Waals surface area contributed by atoms with Gasteiger partial charge in [0.25, 0.3) is 0 Å². The molecule has 0 bridgehead atoms. The minimum atomic E-state index is 0.267. The summed E-state index contributed by atoms with van der Waals surface area (Å²) in [5, 5.41) is 15.1. The Balaban J connectivity index is 2.31. The van der Waals surface area contributed by atoms with Gasteiger partial charge in [-0.25, -0.2) is 0 Å². The van der Waals surface area contributed by atoms with E-state index < -0.39 is 0 Å². The number of oxime groups is 1. The number of hydrogen-bond donors (Lipinski definition) is 3. The molecule has 1 aromatic carbocycles. The summed E-state index contributed by atoms with van der Waals surface area (Å²) in [6.07, 6.45) is 2.40. The lowest BCUT2D eigenvalue weighted by molar-refractivity contribution is 0.316. The third-order valence-electron chi connectivity index (χ3n) is 2.47. The van der Waals surface area contributed by atoms with Crippen LogP contribution in [-0.4, -0.2) is 24.7 Å². The number of benzene rings is 1. The number of rotatable bonds is 7. The average Bonchev–Trinajstić information content (AvgIpc) is 2.39. The van der Waals surface area contributed by atoms with Gasteiger partial charge in [0.1, 0.15) is 11.6 Å². The van der Waals surface area contributed by atoms with Gasteiger partial charge in [0.15, 0.2) is 0 Å². The average molecular weight is 272 g/mol. The first-order valence-electron chi connectivity index (χ1n) is 5.71. The molecule has 0 radical (unpaired) electrons. The van der Waals surface area contributed by atoms with E-state index in [-0.39, 0.29) is 5.84 Å². The van der Waals surface area contributed by atoms with Gasteiger partial charge in [-0.1, -0.05) is 16.8 Å². The van der Waals surface area contributed by atoms with Gasteiger partial charge >= 0.3 is 0 Å². The normalized spacial score (nSPS) is 11.3. The number of halogens is 1. The third kappa shape index (κ3) is 4.71. The highest BCUT2D eigenvalue weighted by Gasteiger charge is 2.01. The molecule has 0 heterocycles. The SMILES string of the molecule is COc1cc(NCCCC/C(N)=N/O)ccc1Cl. The first-order valence-corrected chi connectivity index (χ1v) is 6.09. The van der Waals surface area contributed by atoms with Crippen molar-refractivity contribution in [3.63, 3.8) is 0 Å². The fourth-order valence-electron chi connectivity index (χ4n) is 1.48. The molecule has 100 valence electrons. The van der Waals surface area contributed by atoms with Crippen molar-refractivity contribution in [1.82, 2.24) is 0 Å². The van der Waals surface area contributed by atoms with E-state index in [1.54, 1.807) is 13.2 Å². The van der Waals surface area contributed by atoms with Crippen molar-refractivity contribution >= 4 is 23.1 Å². The van der Waals surface area contributed by atoms with E-state index in [4.69, 9.17) is 27.3 Å². The number of amidine groups is 1. The zero-order valence-electron chi connectivity index (χ0n) is 10.3. The number of hydrogen-bond acceptors (Lipinski definition) is 4. The monoisotopic (exact) mass is 271 g/mol. The largest absolute Gasteiger partial charge is 0.495 e. The lowest BCUT2D eigenvalue weighted by atomic mass is 10.2. The second-order valence-corrected chi connectivity index (χ2v) is 4.23. The molecule has 18 heavy (non-hydrogen) atoms. The smallest absolute Gasteiger partial charge is 0.139 e. The van der Waals surface area contributed by atoms with Crippen LogP contribution in [0.3, 0.4) is 0 Å². The minimum absolute atomic E-state index is 0.267. The Kier molecular flexibility index (Phi) is 6.14. The summed E-state index contributed by atoms with van der Waals surface area (Å²) in [7, 11) is 1.59. The van der Waals surface area contributed by atoms with E-state index in [1.165, 1.54) is 0 Å². The van der Waals surface area contributed by atoms with Crippen molar-refractivity contribution in [2.24, 2.45) is 10.9 Å². The summed E-state index contributed by atoms with van der Waals surface area (Å²) in [5.74, 6) is 0.918. The summed E-state index contributed by atoms with van der Waals surface area (Å²) in [5.41, 5.74) is 6.33. The molecule has 1 rings (SSSR count). The van der Waals surface area contributed by atoms with E-state index >= 15 is 0 Å². The molecule has 0 fully saturated rings. The minimum Gasteiger partial charge on any atom is -0.495 e. The van der Waals surface area contributed by atoms with Crippen molar-refractivity contribution in [2.45, 2.75) is 19.3 Å². The maximum Gasteiger partial charge on any atom is 0.139 e. The predicted molar refractivity (Wildman–Crippen MR) is 73.8 cm³/mol. The molecule has 0 aromatic heterocycles. The van der Waals surface area contributed by atoms with Gasteiger partial charge in [-0.05, 0) is 25.0 Å². The van der Waals surface area contributed by atoms with Gasteiger partial charge in [0.05, 0.1) is 12.1 Å². The zero-order valence-corrected chi connectivity index (χ0v) is 11.1. The second-order valence-electron chi connectivity index (χ2n) is 3.82. The predicted octanol–water partition coefficient (Wildman–Crippen LogP) is 2.68. The molecule has 1 aromatic rings. The van der Waals surface area contributed by atoms with Gasteiger partial charge in [-0.3, -0.25) is 0 Å². The number of nitrogens with zero attached hydrogens (tertiary/aromatic N) is 1. The Hall–Kier alpha value is -1.62. The van der Waals surface area contributed by atoms with Crippen LogP contribution in [-0.2, 0) is 0 Å². The number of methoxy groups -OCH3 is 1. The Bertz CT molecular complexity index is 410. The number of ether oxygens (including phenoxy) is 1. The Morgan fingerprint density at radius 2 is 2.28 bits per heavy atom. The van der Waals surface area contributed by atoms with Crippen LogP contribution in [0.2, 0.25) is 5.02 Å². The highest BCUT2D eigenvalue weighted by atomic mass is 35.5. The topological polar surface area (TPSA) is 79.9 Å². The standard InChI is InChI=1S/C12H18ClN3O2/c1-18-11-8-9(5-6-10(11)13)15-7-3-2-4-12(14)16-17/h5-6,8,15,17H,2-4,7H2,1H3,(H2,14,16). The van der Waals surface area contributed by atoms with Crippen LogP contribution in [0.1, 0.15) is 19.3 Å². The van der Waals surface area contributed by atoms with Crippen molar-refractivity contribution in [3.05, 3.63) is 23.2 Å². The highest BCUT2D eigenvalue weighted by molar-refractivity contribution is 6.32. The van der Waals surface area contributed by atoms with Crippen molar-refractivity contribution in [3.8, 4) is 5.75 Å². The molecule has 0 unspecified atom stereocenters. The summed E-state index contributed by atoms with van der Waals surface area (Å²) in [4.78, 5) is 0. The molecule has 0 aliphatic rings. The quantitative estimate of drug-likeness (QED) is 0.234. The lowest BCUT2D eigenvalue weighted by Gasteiger charge is -2.09. The number of nitrogens with two attached hydrogens (primary N) is 1. The Morgan fingerprint density at radius 1 is 1.50 bits per heavy atom. The van der Waals surface area contributed by atoms with Crippen molar-refractivity contribution in [2.75, 3.05) is 19.0 Å². The molecular formula is C12H18ClN3O2. The van der Waals surface area contributed by atoms with Gasteiger partial charge in [0, 0.05) is 24.7 Å². The van der Waals surface area contributed by atoms with Crippen LogP contribution in [0, 0.1) is 0 Å². The maximum absolute atomic E-state index is 8.37. The summed E-state index contributed by atoms with van der Waals surface area (Å²) in [6, 6.07) is 5.54. The maximum atomic E-state index is 8.37. The highest BCUT2D eigenvalue weighted by Crippen LogP contribution is 2.27. The van der Waals surface area contributed by atoms with Gasteiger partial charge < -0.3 is 21.0 Å². The molecule has 0 aliphatic heterocycles. The van der Waals surface area contributed by atoms with Gasteiger partial charge in [-0.15, -0.1) is 0 Å². The van der Waals surface area contributed by atoms with E-state index in [2.05, 4.69) is 10.5 Å². The number of anilines is 1. The van der Waals surface area contributed by atoms with E-state index in [1.807, 2.05) is 12.1 Å². The fraction of sp³-hybridized carbons (Fsp3) is 0.417. The molecule has 6 heteroatoms. The van der Waals surface area contributed by atoms with Crippen LogP contribution in [0.15, 0.2) is 23.4 Å². The first-order chi connectivity index (χ1) is 8.67. The molecule has 0 atom stereocenters. The summed E-state index contributed by atoms with van der Waals surface area (Å²) < 4.78 is 5.13. The lowest BCUT2D eigenvalue weighted by Crippen LogP contribution is -2.11. The van der Waals surface area contributed by atoms with Crippen LogP contribution < -0.4 is 15.8 Å². The molecule has 0 spiro atoms. The fourth-order valence-corrected chi connectivity index (χ4v) is 1.68. The molecule has 4 N–H and O–H groups in total. The van der Waals surface area contributed by atoms with E-state index in [0.717, 1.165) is 25.1 Å². The van der Waals surface area contributed by atoms with E-state index in [0.29, 0.717) is 17.2 Å². The third-order valence-corrected chi connectivity index (χ3v) is 2.78.